The van der Waals surface area contributed by atoms with Crippen molar-refractivity contribution in [2.24, 2.45) is 0 Å². The highest BCUT2D eigenvalue weighted by molar-refractivity contribution is 6.04. The first-order valence-corrected chi connectivity index (χ1v) is 15.2. The van der Waals surface area contributed by atoms with Gasteiger partial charge in [0, 0.05) is 48.7 Å². The van der Waals surface area contributed by atoms with Crippen LogP contribution in [0.5, 0.6) is 0 Å². The molecule has 0 spiro atoms. The van der Waals surface area contributed by atoms with Gasteiger partial charge in [0.2, 0.25) is 0 Å². The van der Waals surface area contributed by atoms with E-state index in [-0.39, 0.29) is 29.6 Å². The van der Waals surface area contributed by atoms with E-state index in [1.807, 2.05) is 6.07 Å². The number of benzene rings is 2. The molecule has 1 aliphatic rings. The number of carbonyl (C=O) groups excluding carboxylic acids is 2. The van der Waals surface area contributed by atoms with Gasteiger partial charge in [-0.05, 0) is 74.7 Å². The fraction of sp³-hybridized carbons (Fsp3) is 0.273. The van der Waals surface area contributed by atoms with Crippen LogP contribution in [0.1, 0.15) is 48.7 Å². The first kappa shape index (κ1) is 31.4. The van der Waals surface area contributed by atoms with Crippen LogP contribution in [-0.4, -0.2) is 64.7 Å². The number of nitrogens with one attached hydrogen (secondary N) is 1. The van der Waals surface area contributed by atoms with Crippen LogP contribution in [0, 0.1) is 5.82 Å². The Hall–Kier alpha value is -5.63. The summed E-state index contributed by atoms with van der Waals surface area (Å²) < 4.78 is 17.4. The molecule has 2 aromatic carbocycles. The molecule has 3 aromatic heterocycles. The predicted octanol–water partition coefficient (Wildman–Crippen LogP) is 2.79. The lowest BCUT2D eigenvalue weighted by atomic mass is 9.92. The highest BCUT2D eigenvalue weighted by Gasteiger charge is 2.29. The summed E-state index contributed by atoms with van der Waals surface area (Å²) in [6, 6.07) is 13.8. The maximum absolute atomic E-state index is 13.5. The number of carbonyl (C=O) groups is 2. The lowest BCUT2D eigenvalue weighted by Gasteiger charge is -2.32. The van der Waals surface area contributed by atoms with Gasteiger partial charge in [-0.15, -0.1) is 0 Å². The Morgan fingerprint density at radius 1 is 1.09 bits per heavy atom. The van der Waals surface area contributed by atoms with Crippen molar-refractivity contribution < 1.29 is 19.1 Å². The van der Waals surface area contributed by atoms with Gasteiger partial charge in [-0.3, -0.25) is 19.0 Å². The minimum absolute atomic E-state index is 0.0903. The molecular formula is C33H33FN8O5. The number of hydrogen-bond donors (Lipinski definition) is 3. The summed E-state index contributed by atoms with van der Waals surface area (Å²) in [5.74, 6) is -1.14. The maximum Gasteiger partial charge on any atom is 0.335 e. The van der Waals surface area contributed by atoms with Crippen LogP contribution in [-0.2, 0) is 11.3 Å². The molecule has 1 aliphatic heterocycles. The number of nitrogen functional groups attached to an aromatic ring is 1. The zero-order valence-electron chi connectivity index (χ0n) is 25.8. The first-order valence-electron chi connectivity index (χ1n) is 15.2. The number of hydrogen-bond acceptors (Lipinski definition) is 8. The van der Waals surface area contributed by atoms with Crippen molar-refractivity contribution in [2.45, 2.75) is 45.3 Å². The number of halogens is 1. The summed E-state index contributed by atoms with van der Waals surface area (Å²) in [5, 5.41) is 16.9. The molecule has 13 nitrogen and oxygen atoms in total. The first-order chi connectivity index (χ1) is 22.6. The van der Waals surface area contributed by atoms with Gasteiger partial charge in [0.25, 0.3) is 17.4 Å². The molecule has 1 unspecified atom stereocenters. The molecule has 242 valence electrons. The summed E-state index contributed by atoms with van der Waals surface area (Å²) in [7, 11) is 0. The zero-order chi connectivity index (χ0) is 33.4. The predicted molar refractivity (Wildman–Crippen MR) is 173 cm³/mol. The summed E-state index contributed by atoms with van der Waals surface area (Å²) in [6.45, 7) is 4.40. The third-order valence-corrected chi connectivity index (χ3v) is 8.47. The van der Waals surface area contributed by atoms with Crippen molar-refractivity contribution in [3.8, 4) is 16.8 Å². The maximum atomic E-state index is 13.5. The molecule has 0 saturated carbocycles. The van der Waals surface area contributed by atoms with Gasteiger partial charge < -0.3 is 21.1 Å². The molecule has 5 aromatic rings. The number of anilines is 2. The number of piperidine rings is 1. The van der Waals surface area contributed by atoms with E-state index >= 15 is 0 Å². The second kappa shape index (κ2) is 12.6. The number of aryl methyl sites for hydroxylation is 1. The number of nitrogens with two attached hydrogens (primary N) is 1. The van der Waals surface area contributed by atoms with Gasteiger partial charge in [-0.2, -0.15) is 5.10 Å². The average Bonchev–Trinajstić information content (AvgIpc) is 3.47. The Morgan fingerprint density at radius 3 is 2.40 bits per heavy atom. The van der Waals surface area contributed by atoms with Crippen LogP contribution in [0.4, 0.5) is 15.9 Å². The molecule has 1 saturated heterocycles. The fourth-order valence-corrected chi connectivity index (χ4v) is 6.00. The molecule has 0 aliphatic carbocycles. The molecule has 47 heavy (non-hydrogen) atoms. The molecule has 2 amide bonds. The number of rotatable bonds is 7. The zero-order valence-corrected chi connectivity index (χ0v) is 25.8. The Labute approximate surface area is 267 Å². The number of fused-ring (bicyclic) bond motifs is 1. The van der Waals surface area contributed by atoms with E-state index < -0.39 is 29.1 Å². The van der Waals surface area contributed by atoms with Crippen molar-refractivity contribution in [2.75, 3.05) is 24.1 Å². The van der Waals surface area contributed by atoms with Gasteiger partial charge in [-0.25, -0.2) is 23.3 Å². The lowest BCUT2D eigenvalue weighted by Crippen LogP contribution is -2.42. The molecule has 14 heteroatoms. The third-order valence-electron chi connectivity index (χ3n) is 8.47. The van der Waals surface area contributed by atoms with E-state index in [1.54, 1.807) is 40.6 Å². The summed E-state index contributed by atoms with van der Waals surface area (Å²) >= 11 is 0. The Balaban J connectivity index is 1.27. The van der Waals surface area contributed by atoms with E-state index in [9.17, 15) is 28.7 Å². The van der Waals surface area contributed by atoms with Crippen LogP contribution < -0.4 is 22.3 Å². The third kappa shape index (κ3) is 5.90. The second-order valence-electron chi connectivity index (χ2n) is 11.4. The molecule has 1 atom stereocenters. The Kier molecular flexibility index (Phi) is 8.43. The number of likely N-dealkylation sites (tertiary alicyclic amines) is 1. The molecule has 4 N–H and O–H groups in total. The second-order valence-corrected chi connectivity index (χ2v) is 11.4. The topological polar surface area (TPSA) is 170 Å². The van der Waals surface area contributed by atoms with E-state index in [1.165, 1.54) is 36.1 Å². The van der Waals surface area contributed by atoms with Crippen molar-refractivity contribution >= 4 is 28.8 Å². The van der Waals surface area contributed by atoms with Crippen LogP contribution in [0.25, 0.3) is 22.3 Å². The van der Waals surface area contributed by atoms with Gasteiger partial charge in [0.05, 0.1) is 5.69 Å². The van der Waals surface area contributed by atoms with E-state index in [4.69, 9.17) is 5.73 Å². The van der Waals surface area contributed by atoms with Gasteiger partial charge >= 0.3 is 5.69 Å². The molecular weight excluding hydrogens is 607 g/mol. The van der Waals surface area contributed by atoms with Crippen LogP contribution in [0.2, 0.25) is 0 Å². The molecule has 4 heterocycles. The standard InChI is InChI=1S/C33H33FN8O5/c1-3-39-17-26(32(46)41(33(39)47)24-10-6-22(34)7-11-24)30(44)38-23-8-4-20(5-9-23)25-16-27(42-28(25)29(35)36-18-37-42)21-12-14-40(15-13-21)31(45)19(2)43/h4-11,16-19,21,43H,3,12-15H2,1-2H3,(H,38,44)(H2,35,36,37). The van der Waals surface area contributed by atoms with Gasteiger partial charge in [-0.1, -0.05) is 12.1 Å². The minimum atomic E-state index is -1.04. The van der Waals surface area contributed by atoms with E-state index in [2.05, 4.69) is 15.4 Å². The SMILES string of the molecule is CCn1cc(C(=O)Nc2ccc(-c3cc(C4CCN(C(=O)C(C)O)CC4)n4ncnc(N)c34)cc2)c(=O)n(-c2ccc(F)cc2)c1=O. The molecule has 0 radical (unpaired) electrons. The highest BCUT2D eigenvalue weighted by Crippen LogP contribution is 2.37. The molecule has 0 bridgehead atoms. The van der Waals surface area contributed by atoms with Gasteiger partial charge in [0.15, 0.2) is 5.82 Å². The number of amides is 2. The van der Waals surface area contributed by atoms with Crippen molar-refractivity contribution in [1.29, 1.82) is 0 Å². The van der Waals surface area contributed by atoms with Crippen molar-refractivity contribution in [1.82, 2.24) is 28.6 Å². The van der Waals surface area contributed by atoms with Crippen molar-refractivity contribution in [3.05, 3.63) is 105 Å². The fourth-order valence-electron chi connectivity index (χ4n) is 6.00. The highest BCUT2D eigenvalue weighted by atomic mass is 19.1. The summed E-state index contributed by atoms with van der Waals surface area (Å²) in [4.78, 5) is 57.7. The minimum Gasteiger partial charge on any atom is -0.384 e. The number of aliphatic hydroxyl groups is 1. The quantitative estimate of drug-likeness (QED) is 0.244. The number of aromatic nitrogens is 5. The normalized spacial score (nSPS) is 14.3. The number of aliphatic hydroxyl groups excluding tert-OH is 1. The van der Waals surface area contributed by atoms with Crippen LogP contribution >= 0.6 is 0 Å². The van der Waals surface area contributed by atoms with E-state index in [0.717, 1.165) is 33.5 Å². The molecule has 1 fully saturated rings. The van der Waals surface area contributed by atoms with Crippen molar-refractivity contribution in [3.63, 3.8) is 0 Å². The number of nitrogens with zero attached hydrogens (tertiary/aromatic N) is 6. The van der Waals surface area contributed by atoms with Gasteiger partial charge in [0.1, 0.15) is 29.3 Å². The van der Waals surface area contributed by atoms with E-state index in [0.29, 0.717) is 43.0 Å². The molecule has 6 rings (SSSR count). The lowest BCUT2D eigenvalue weighted by molar-refractivity contribution is -0.140. The smallest absolute Gasteiger partial charge is 0.335 e. The van der Waals surface area contributed by atoms with Crippen LogP contribution in [0.15, 0.2) is 76.7 Å². The summed E-state index contributed by atoms with van der Waals surface area (Å²) in [6.07, 6.45) is 2.95. The monoisotopic (exact) mass is 640 g/mol. The Bertz CT molecular complexity index is 2090. The van der Waals surface area contributed by atoms with Crippen LogP contribution in [0.3, 0.4) is 0 Å². The largest absolute Gasteiger partial charge is 0.384 e. The summed E-state index contributed by atoms with van der Waals surface area (Å²) in [5.41, 5.74) is 8.26. The average molecular weight is 641 g/mol. The Morgan fingerprint density at radius 2 is 1.77 bits per heavy atom.